The molecule has 0 radical (unpaired) electrons. The molecule has 1 atom stereocenters. The van der Waals surface area contributed by atoms with Gasteiger partial charge in [-0.15, -0.1) is 11.3 Å². The normalized spacial score (nSPS) is 24.5. The van der Waals surface area contributed by atoms with Crippen molar-refractivity contribution in [3.8, 4) is 0 Å². The van der Waals surface area contributed by atoms with Gasteiger partial charge in [-0.3, -0.25) is 4.79 Å². The van der Waals surface area contributed by atoms with Crippen molar-refractivity contribution >= 4 is 39.1 Å². The van der Waals surface area contributed by atoms with Crippen molar-refractivity contribution < 1.29 is 4.79 Å². The molecule has 3 aromatic rings. The Morgan fingerprint density at radius 1 is 1.23 bits per heavy atom. The SMILES string of the molecule is Cc1cnc2c(N)c(C(=O)N[C@H]3CCc4nc(N5CC6CC(C6)C5)ccc4C3)sc2n1. The monoisotopic (exact) mass is 434 g/mol. The largest absolute Gasteiger partial charge is 0.396 e. The third kappa shape index (κ3) is 3.33. The zero-order chi connectivity index (χ0) is 21.1. The van der Waals surface area contributed by atoms with Gasteiger partial charge in [0.2, 0.25) is 0 Å². The molecule has 5 heterocycles. The highest BCUT2D eigenvalue weighted by molar-refractivity contribution is 7.21. The lowest BCUT2D eigenvalue weighted by Gasteiger charge is -2.47. The maximum atomic E-state index is 12.9. The van der Waals surface area contributed by atoms with Crippen LogP contribution in [-0.2, 0) is 12.8 Å². The van der Waals surface area contributed by atoms with E-state index >= 15 is 0 Å². The Kier molecular flexibility index (Phi) is 4.38. The van der Waals surface area contributed by atoms with Crippen LogP contribution < -0.4 is 16.0 Å². The maximum absolute atomic E-state index is 12.9. The van der Waals surface area contributed by atoms with Crippen LogP contribution in [0.2, 0.25) is 0 Å². The van der Waals surface area contributed by atoms with E-state index in [1.165, 1.54) is 35.4 Å². The third-order valence-corrected chi connectivity index (χ3v) is 8.05. The summed E-state index contributed by atoms with van der Waals surface area (Å²) in [6, 6.07) is 4.46. The Bertz CT molecular complexity index is 1170. The number of hydrogen-bond acceptors (Lipinski definition) is 7. The summed E-state index contributed by atoms with van der Waals surface area (Å²) < 4.78 is 0. The third-order valence-electron chi connectivity index (χ3n) is 6.97. The van der Waals surface area contributed by atoms with E-state index in [4.69, 9.17) is 10.7 Å². The Morgan fingerprint density at radius 3 is 2.84 bits per heavy atom. The van der Waals surface area contributed by atoms with Crippen molar-refractivity contribution in [3.63, 3.8) is 0 Å². The molecule has 2 bridgehead atoms. The zero-order valence-corrected chi connectivity index (χ0v) is 18.4. The van der Waals surface area contributed by atoms with Crippen LogP contribution in [0.15, 0.2) is 18.3 Å². The second-order valence-corrected chi connectivity index (χ2v) is 10.3. The van der Waals surface area contributed by atoms with Crippen molar-refractivity contribution in [3.05, 3.63) is 40.2 Å². The Labute approximate surface area is 185 Å². The van der Waals surface area contributed by atoms with Gasteiger partial charge < -0.3 is 16.0 Å². The van der Waals surface area contributed by atoms with Gasteiger partial charge in [-0.25, -0.2) is 15.0 Å². The average molecular weight is 435 g/mol. The van der Waals surface area contributed by atoms with Crippen LogP contribution >= 0.6 is 11.3 Å². The number of piperidine rings is 2. The first-order valence-electron chi connectivity index (χ1n) is 11.1. The number of fused-ring (bicyclic) bond motifs is 4. The summed E-state index contributed by atoms with van der Waals surface area (Å²) in [4.78, 5) is 30.4. The molecule has 1 amide bonds. The van der Waals surface area contributed by atoms with Crippen LogP contribution in [-0.4, -0.2) is 40.0 Å². The van der Waals surface area contributed by atoms with Crippen LogP contribution in [0.4, 0.5) is 11.5 Å². The molecule has 0 unspecified atom stereocenters. The van der Waals surface area contributed by atoms with E-state index in [1.807, 2.05) is 6.92 Å². The lowest BCUT2D eigenvalue weighted by atomic mass is 9.71. The molecule has 7 rings (SSSR count). The lowest BCUT2D eigenvalue weighted by molar-refractivity contribution is 0.0938. The number of amides is 1. The van der Waals surface area contributed by atoms with Gasteiger partial charge in [0.1, 0.15) is 21.0 Å². The summed E-state index contributed by atoms with van der Waals surface area (Å²) in [7, 11) is 0. The van der Waals surface area contributed by atoms with Crippen LogP contribution in [0.1, 0.15) is 45.9 Å². The van der Waals surface area contributed by atoms with Gasteiger partial charge in [0.25, 0.3) is 5.91 Å². The molecular weight excluding hydrogens is 408 g/mol. The number of nitrogens with zero attached hydrogens (tertiary/aromatic N) is 4. The molecule has 2 aliphatic heterocycles. The number of nitrogens with one attached hydrogen (secondary N) is 1. The van der Waals surface area contributed by atoms with Crippen LogP contribution in [0.25, 0.3) is 10.3 Å². The van der Waals surface area contributed by atoms with E-state index in [0.717, 1.165) is 55.7 Å². The van der Waals surface area contributed by atoms with Crippen LogP contribution in [0.5, 0.6) is 0 Å². The van der Waals surface area contributed by atoms with Gasteiger partial charge >= 0.3 is 0 Å². The topological polar surface area (TPSA) is 97.0 Å². The Balaban J connectivity index is 1.16. The molecule has 8 heteroatoms. The molecule has 0 aromatic carbocycles. The number of anilines is 2. The predicted molar refractivity (Wildman–Crippen MR) is 123 cm³/mol. The van der Waals surface area contributed by atoms with Crippen molar-refractivity contribution in [2.45, 2.75) is 45.1 Å². The number of pyridine rings is 1. The lowest BCUT2D eigenvalue weighted by Crippen LogP contribution is -2.49. The molecule has 3 fully saturated rings. The number of nitrogen functional groups attached to an aromatic ring is 1. The highest BCUT2D eigenvalue weighted by Crippen LogP contribution is 2.41. The summed E-state index contributed by atoms with van der Waals surface area (Å²) in [6.07, 6.45) is 7.07. The highest BCUT2D eigenvalue weighted by atomic mass is 32.1. The average Bonchev–Trinajstić information content (AvgIpc) is 3.08. The standard InChI is InChI=1S/C23H26N6OS/c1-12-9-25-20-19(24)21(31-23(20)26-12)22(30)27-16-3-4-17-15(8-16)2-5-18(28-17)29-10-13-6-14(7-13)11-29/h2,5,9,13-14,16H,3-4,6-8,10-11,24H2,1H3,(H,27,30)/t13?,14?,16-/m0/s1. The zero-order valence-electron chi connectivity index (χ0n) is 17.6. The van der Waals surface area contributed by atoms with E-state index < -0.39 is 0 Å². The first-order chi connectivity index (χ1) is 15.0. The van der Waals surface area contributed by atoms with E-state index in [2.05, 4.69) is 32.3 Å². The second-order valence-electron chi connectivity index (χ2n) is 9.31. The number of nitrogens with two attached hydrogens (primary N) is 1. The maximum Gasteiger partial charge on any atom is 0.263 e. The molecule has 4 aliphatic rings. The molecule has 1 saturated carbocycles. The van der Waals surface area contributed by atoms with Crippen LogP contribution in [0.3, 0.4) is 0 Å². The summed E-state index contributed by atoms with van der Waals surface area (Å²) in [5.74, 6) is 2.73. The fourth-order valence-electron chi connectivity index (χ4n) is 5.35. The van der Waals surface area contributed by atoms with E-state index in [9.17, 15) is 4.79 Å². The fourth-order valence-corrected chi connectivity index (χ4v) is 6.35. The van der Waals surface area contributed by atoms with Gasteiger partial charge in [-0.1, -0.05) is 6.07 Å². The number of carbonyl (C=O) groups is 1. The van der Waals surface area contributed by atoms with Gasteiger partial charge in [0, 0.05) is 31.0 Å². The molecule has 31 heavy (non-hydrogen) atoms. The molecule has 3 aromatic heterocycles. The van der Waals surface area contributed by atoms with Gasteiger partial charge in [-0.05, 0) is 62.5 Å². The van der Waals surface area contributed by atoms with E-state index in [0.29, 0.717) is 20.9 Å². The first kappa shape index (κ1) is 19.0. The van der Waals surface area contributed by atoms with Gasteiger partial charge in [0.15, 0.2) is 0 Å². The van der Waals surface area contributed by atoms with E-state index in [1.54, 1.807) is 6.20 Å². The number of aryl methyl sites for hydroxylation is 2. The molecule has 0 spiro atoms. The molecule has 2 saturated heterocycles. The number of hydrogen-bond donors (Lipinski definition) is 2. The minimum Gasteiger partial charge on any atom is -0.396 e. The van der Waals surface area contributed by atoms with Crippen molar-refractivity contribution in [1.29, 1.82) is 0 Å². The number of rotatable bonds is 3. The van der Waals surface area contributed by atoms with Crippen molar-refractivity contribution in [1.82, 2.24) is 20.3 Å². The number of thiophene rings is 1. The summed E-state index contributed by atoms with van der Waals surface area (Å²) in [5.41, 5.74) is 10.5. The van der Waals surface area contributed by atoms with Crippen molar-refractivity contribution in [2.75, 3.05) is 23.7 Å². The molecular formula is C23H26N6OS. The van der Waals surface area contributed by atoms with Crippen molar-refractivity contribution in [2.24, 2.45) is 11.8 Å². The van der Waals surface area contributed by atoms with Crippen LogP contribution in [0, 0.1) is 18.8 Å². The minimum absolute atomic E-state index is 0.0857. The van der Waals surface area contributed by atoms with Gasteiger partial charge in [-0.2, -0.15) is 0 Å². The molecule has 2 aliphatic carbocycles. The number of aromatic nitrogens is 3. The molecule has 160 valence electrons. The molecule has 7 nitrogen and oxygen atoms in total. The fraction of sp³-hybridized carbons (Fsp3) is 0.478. The van der Waals surface area contributed by atoms with Gasteiger partial charge in [0.05, 0.1) is 11.4 Å². The predicted octanol–water partition coefficient (Wildman–Crippen LogP) is 3.11. The Morgan fingerprint density at radius 2 is 2.03 bits per heavy atom. The highest BCUT2D eigenvalue weighted by Gasteiger charge is 2.37. The summed E-state index contributed by atoms with van der Waals surface area (Å²) >= 11 is 1.31. The first-order valence-corrected chi connectivity index (χ1v) is 11.9. The minimum atomic E-state index is -0.134. The number of carbonyl (C=O) groups excluding carboxylic acids is 1. The Hall–Kier alpha value is -2.74. The van der Waals surface area contributed by atoms with E-state index in [-0.39, 0.29) is 11.9 Å². The molecule has 3 N–H and O–H groups in total. The second kappa shape index (κ2) is 7.15. The smallest absolute Gasteiger partial charge is 0.263 e. The summed E-state index contributed by atoms with van der Waals surface area (Å²) in [5, 5.41) is 3.18. The summed E-state index contributed by atoms with van der Waals surface area (Å²) in [6.45, 7) is 4.19. The quantitative estimate of drug-likeness (QED) is 0.657.